The third kappa shape index (κ3) is 1.52. The minimum Gasteiger partial charge on any atom is -0.269 e. The van der Waals surface area contributed by atoms with E-state index in [1.54, 1.807) is 5.32 Å². The molecule has 0 radical (unpaired) electrons. The van der Waals surface area contributed by atoms with Gasteiger partial charge in [0.2, 0.25) is 0 Å². The molecule has 1 aromatic rings. The van der Waals surface area contributed by atoms with Gasteiger partial charge in [-0.1, -0.05) is 0 Å². The zero-order valence-electron chi connectivity index (χ0n) is 7.66. The molecule has 5 nitrogen and oxygen atoms in total. The first kappa shape index (κ1) is 10.2. The molecule has 1 saturated heterocycles. The second kappa shape index (κ2) is 3.37. The SMILES string of the molecule is O=C1NC(=O)N(c2cc(F)cc(F)c2)C1=O. The minimum atomic E-state index is -1.17. The summed E-state index contributed by atoms with van der Waals surface area (Å²) in [5.74, 6) is -4.20. The number of urea groups is 1. The Kier molecular flexibility index (Phi) is 2.15. The number of nitrogens with one attached hydrogen (secondary N) is 1. The Bertz CT molecular complexity index is 495. The fraction of sp³-hybridized carbons (Fsp3) is 0. The zero-order chi connectivity index (χ0) is 11.9. The number of carbonyl (C=O) groups excluding carboxylic acids is 3. The van der Waals surface area contributed by atoms with E-state index in [0.717, 1.165) is 12.1 Å². The van der Waals surface area contributed by atoms with Crippen molar-refractivity contribution in [2.24, 2.45) is 0 Å². The van der Waals surface area contributed by atoms with Crippen molar-refractivity contribution in [1.29, 1.82) is 0 Å². The first-order valence-electron chi connectivity index (χ1n) is 4.14. The highest BCUT2D eigenvalue weighted by Crippen LogP contribution is 2.20. The normalized spacial score (nSPS) is 15.6. The molecule has 0 saturated carbocycles. The highest BCUT2D eigenvalue weighted by atomic mass is 19.1. The molecule has 1 aliphatic rings. The molecule has 0 bridgehead atoms. The lowest BCUT2D eigenvalue weighted by Gasteiger charge is -2.10. The van der Waals surface area contributed by atoms with Crippen LogP contribution in [0.2, 0.25) is 0 Å². The molecule has 0 atom stereocenters. The Hall–Kier alpha value is -2.31. The van der Waals surface area contributed by atoms with E-state index in [0.29, 0.717) is 11.0 Å². The number of benzene rings is 1. The average Bonchev–Trinajstić information content (AvgIpc) is 2.39. The van der Waals surface area contributed by atoms with Crippen molar-refractivity contribution < 1.29 is 23.2 Å². The Morgan fingerprint density at radius 2 is 1.56 bits per heavy atom. The second-order valence-electron chi connectivity index (χ2n) is 3.03. The Morgan fingerprint density at radius 1 is 1.00 bits per heavy atom. The Labute approximate surface area is 87.6 Å². The topological polar surface area (TPSA) is 66.5 Å². The van der Waals surface area contributed by atoms with Gasteiger partial charge >= 0.3 is 17.8 Å². The van der Waals surface area contributed by atoms with Gasteiger partial charge in [0.1, 0.15) is 11.6 Å². The van der Waals surface area contributed by atoms with Crippen molar-refractivity contribution >= 4 is 23.5 Å². The highest BCUT2D eigenvalue weighted by Gasteiger charge is 2.38. The summed E-state index contributed by atoms with van der Waals surface area (Å²) in [6, 6.07) is 1.11. The first-order valence-corrected chi connectivity index (χ1v) is 4.14. The number of imide groups is 2. The Balaban J connectivity index is 2.48. The van der Waals surface area contributed by atoms with Crippen molar-refractivity contribution in [2.45, 2.75) is 0 Å². The van der Waals surface area contributed by atoms with Crippen molar-refractivity contribution in [3.63, 3.8) is 0 Å². The molecule has 1 N–H and O–H groups in total. The number of hydrogen-bond donors (Lipinski definition) is 1. The molecule has 1 aromatic carbocycles. The molecule has 0 aromatic heterocycles. The summed E-state index contributed by atoms with van der Waals surface area (Å²) in [5, 5.41) is 1.71. The first-order chi connectivity index (χ1) is 7.49. The second-order valence-corrected chi connectivity index (χ2v) is 3.03. The fourth-order valence-corrected chi connectivity index (χ4v) is 1.30. The number of hydrogen-bond acceptors (Lipinski definition) is 3. The summed E-state index contributed by atoms with van der Waals surface area (Å²) in [6.07, 6.45) is 0. The van der Waals surface area contributed by atoms with Crippen LogP contribution < -0.4 is 10.2 Å². The smallest absolute Gasteiger partial charge is 0.269 e. The molecule has 7 heteroatoms. The lowest BCUT2D eigenvalue weighted by molar-refractivity contribution is -0.134. The van der Waals surface area contributed by atoms with Gasteiger partial charge in [0.05, 0.1) is 5.69 Å². The van der Waals surface area contributed by atoms with Crippen molar-refractivity contribution in [3.05, 3.63) is 29.8 Å². The molecule has 1 aliphatic heterocycles. The van der Waals surface area contributed by atoms with Crippen LogP contribution in [0, 0.1) is 11.6 Å². The van der Waals surface area contributed by atoms with E-state index < -0.39 is 29.5 Å². The summed E-state index contributed by atoms with van der Waals surface area (Å²) >= 11 is 0. The number of rotatable bonds is 1. The monoisotopic (exact) mass is 226 g/mol. The van der Waals surface area contributed by atoms with Gasteiger partial charge in [0.15, 0.2) is 0 Å². The number of amides is 4. The van der Waals surface area contributed by atoms with Crippen LogP contribution in [0.25, 0.3) is 0 Å². The quantitative estimate of drug-likeness (QED) is 0.561. The Morgan fingerprint density at radius 3 is 2.00 bits per heavy atom. The molecular formula is C9H4F2N2O3. The molecule has 4 amide bonds. The van der Waals surface area contributed by atoms with Crippen molar-refractivity contribution in [2.75, 3.05) is 4.90 Å². The highest BCUT2D eigenvalue weighted by molar-refractivity contribution is 6.53. The molecule has 82 valence electrons. The van der Waals surface area contributed by atoms with Crippen molar-refractivity contribution in [1.82, 2.24) is 5.32 Å². The van der Waals surface area contributed by atoms with Gasteiger partial charge in [-0.05, 0) is 12.1 Å². The van der Waals surface area contributed by atoms with Gasteiger partial charge < -0.3 is 0 Å². The van der Waals surface area contributed by atoms with E-state index in [1.165, 1.54) is 0 Å². The molecule has 1 heterocycles. The predicted molar refractivity (Wildman–Crippen MR) is 47.4 cm³/mol. The van der Waals surface area contributed by atoms with Gasteiger partial charge in [-0.2, -0.15) is 0 Å². The zero-order valence-corrected chi connectivity index (χ0v) is 7.66. The van der Waals surface area contributed by atoms with Crippen LogP contribution in [-0.4, -0.2) is 17.8 Å². The summed E-state index contributed by atoms with van der Waals surface area (Å²) < 4.78 is 25.7. The van der Waals surface area contributed by atoms with Crippen molar-refractivity contribution in [3.8, 4) is 0 Å². The van der Waals surface area contributed by atoms with E-state index in [9.17, 15) is 23.2 Å². The van der Waals surface area contributed by atoms with Crippen LogP contribution in [0.4, 0.5) is 19.3 Å². The van der Waals surface area contributed by atoms with Gasteiger partial charge in [-0.3, -0.25) is 14.9 Å². The summed E-state index contributed by atoms with van der Waals surface area (Å²) in [6.45, 7) is 0. The summed E-state index contributed by atoms with van der Waals surface area (Å²) in [5.41, 5.74) is -0.328. The molecule has 0 unspecified atom stereocenters. The largest absolute Gasteiger partial charge is 0.336 e. The molecule has 16 heavy (non-hydrogen) atoms. The average molecular weight is 226 g/mol. The van der Waals surface area contributed by atoms with E-state index in [-0.39, 0.29) is 5.69 Å². The minimum absolute atomic E-state index is 0.328. The van der Waals surface area contributed by atoms with Crippen LogP contribution in [0.15, 0.2) is 18.2 Å². The van der Waals surface area contributed by atoms with E-state index >= 15 is 0 Å². The van der Waals surface area contributed by atoms with E-state index in [4.69, 9.17) is 0 Å². The lowest BCUT2D eigenvalue weighted by atomic mass is 10.2. The summed E-state index contributed by atoms with van der Waals surface area (Å²) in [4.78, 5) is 33.5. The van der Waals surface area contributed by atoms with Gasteiger partial charge in [-0.25, -0.2) is 18.5 Å². The number of carbonyl (C=O) groups is 3. The maximum absolute atomic E-state index is 12.8. The molecule has 0 spiro atoms. The predicted octanol–water partition coefficient (Wildman–Crippen LogP) is 0.548. The molecule has 2 rings (SSSR count). The number of nitrogens with zero attached hydrogens (tertiary/aromatic N) is 1. The van der Waals surface area contributed by atoms with Gasteiger partial charge in [-0.15, -0.1) is 0 Å². The van der Waals surface area contributed by atoms with Crippen LogP contribution in [0.3, 0.4) is 0 Å². The van der Waals surface area contributed by atoms with Crippen LogP contribution in [0.1, 0.15) is 0 Å². The van der Waals surface area contributed by atoms with Crippen LogP contribution >= 0.6 is 0 Å². The van der Waals surface area contributed by atoms with Crippen LogP contribution in [0.5, 0.6) is 0 Å². The summed E-state index contributed by atoms with van der Waals surface area (Å²) in [7, 11) is 0. The molecule has 0 aliphatic carbocycles. The van der Waals surface area contributed by atoms with Crippen LogP contribution in [-0.2, 0) is 9.59 Å². The number of anilines is 1. The van der Waals surface area contributed by atoms with Gasteiger partial charge in [0.25, 0.3) is 0 Å². The van der Waals surface area contributed by atoms with Gasteiger partial charge in [0, 0.05) is 6.07 Å². The lowest BCUT2D eigenvalue weighted by Crippen LogP contribution is -2.30. The third-order valence-corrected chi connectivity index (χ3v) is 1.93. The maximum atomic E-state index is 12.8. The maximum Gasteiger partial charge on any atom is 0.336 e. The third-order valence-electron chi connectivity index (χ3n) is 1.93. The number of halogens is 2. The molecule has 1 fully saturated rings. The molecular weight excluding hydrogens is 222 g/mol. The van der Waals surface area contributed by atoms with E-state index in [2.05, 4.69) is 0 Å². The van der Waals surface area contributed by atoms with E-state index in [1.807, 2.05) is 0 Å². The standard InChI is InChI=1S/C9H4F2N2O3/c10-4-1-5(11)3-6(2-4)13-8(15)7(14)12-9(13)16/h1-3H,(H,12,14,16). The fourth-order valence-electron chi connectivity index (χ4n) is 1.30.